The lowest BCUT2D eigenvalue weighted by Crippen LogP contribution is -2.32. The summed E-state index contributed by atoms with van der Waals surface area (Å²) in [7, 11) is 1.43. The number of nitrogens with zero attached hydrogens (tertiary/aromatic N) is 3. The first-order valence-electron chi connectivity index (χ1n) is 8.20. The number of pyridine rings is 1. The fraction of sp³-hybridized carbons (Fsp3) is 0.158. The Morgan fingerprint density at radius 2 is 1.96 bits per heavy atom. The van der Waals surface area contributed by atoms with Crippen LogP contribution in [0.5, 0.6) is 5.88 Å². The maximum absolute atomic E-state index is 13.1. The molecular formula is C19H17FN4O3. The Balaban J connectivity index is 1.69. The van der Waals surface area contributed by atoms with Gasteiger partial charge in [0.15, 0.2) is 0 Å². The van der Waals surface area contributed by atoms with Gasteiger partial charge >= 0.3 is 0 Å². The summed E-state index contributed by atoms with van der Waals surface area (Å²) >= 11 is 0. The summed E-state index contributed by atoms with van der Waals surface area (Å²) in [6.07, 6.45) is 1.53. The molecule has 2 heterocycles. The molecule has 0 fully saturated rings. The van der Waals surface area contributed by atoms with E-state index in [2.05, 4.69) is 15.4 Å². The van der Waals surface area contributed by atoms with E-state index in [4.69, 9.17) is 4.74 Å². The predicted octanol–water partition coefficient (Wildman–Crippen LogP) is 1.88. The molecule has 0 saturated heterocycles. The second-order valence-electron chi connectivity index (χ2n) is 5.60. The van der Waals surface area contributed by atoms with Crippen molar-refractivity contribution in [1.29, 1.82) is 0 Å². The molecule has 3 aromatic rings. The summed E-state index contributed by atoms with van der Waals surface area (Å²) in [6.45, 7) is 0.374. The molecule has 1 aromatic carbocycles. The minimum absolute atomic E-state index is 0.183. The summed E-state index contributed by atoms with van der Waals surface area (Å²) in [5, 5.41) is 6.98. The Labute approximate surface area is 154 Å². The van der Waals surface area contributed by atoms with Crippen LogP contribution in [0.15, 0.2) is 59.5 Å². The third-order valence-electron chi connectivity index (χ3n) is 3.82. The molecule has 0 atom stereocenters. The van der Waals surface area contributed by atoms with Crippen molar-refractivity contribution in [2.45, 2.75) is 6.54 Å². The molecule has 0 bridgehead atoms. The first-order chi connectivity index (χ1) is 13.1. The van der Waals surface area contributed by atoms with Gasteiger partial charge in [-0.25, -0.2) is 14.1 Å². The molecule has 27 heavy (non-hydrogen) atoms. The van der Waals surface area contributed by atoms with E-state index in [0.717, 1.165) is 0 Å². The molecule has 0 spiro atoms. The van der Waals surface area contributed by atoms with Crippen molar-refractivity contribution >= 4 is 5.91 Å². The maximum Gasteiger partial charge on any atom is 0.266 e. The third-order valence-corrected chi connectivity index (χ3v) is 3.82. The molecule has 0 aliphatic rings. The highest BCUT2D eigenvalue weighted by molar-refractivity contribution is 5.96. The van der Waals surface area contributed by atoms with E-state index in [-0.39, 0.29) is 36.3 Å². The molecule has 0 unspecified atom stereocenters. The fourth-order valence-electron chi connectivity index (χ4n) is 2.48. The van der Waals surface area contributed by atoms with Crippen molar-refractivity contribution < 1.29 is 13.9 Å². The molecule has 0 saturated carbocycles. The van der Waals surface area contributed by atoms with E-state index in [1.165, 1.54) is 36.2 Å². The average Bonchev–Trinajstić information content (AvgIpc) is 2.70. The van der Waals surface area contributed by atoms with Crippen LogP contribution in [0.4, 0.5) is 4.39 Å². The van der Waals surface area contributed by atoms with Gasteiger partial charge in [0.25, 0.3) is 11.5 Å². The number of aromatic nitrogens is 3. The molecule has 0 radical (unpaired) electrons. The molecule has 2 aromatic heterocycles. The van der Waals surface area contributed by atoms with Crippen molar-refractivity contribution in [3.63, 3.8) is 0 Å². The van der Waals surface area contributed by atoms with Crippen molar-refractivity contribution in [1.82, 2.24) is 20.1 Å². The summed E-state index contributed by atoms with van der Waals surface area (Å²) in [5.41, 5.74) is 1.23. The number of amides is 1. The minimum atomic E-state index is -0.359. The number of ether oxygens (including phenoxy) is 1. The SMILES string of the molecule is COc1ncccc1C(=O)NCCn1nc(-c2ccc(F)cc2)ccc1=O. The van der Waals surface area contributed by atoms with Crippen LogP contribution in [-0.2, 0) is 6.54 Å². The number of methoxy groups -OCH3 is 1. The maximum atomic E-state index is 13.1. The minimum Gasteiger partial charge on any atom is -0.480 e. The van der Waals surface area contributed by atoms with E-state index in [1.54, 1.807) is 30.3 Å². The summed E-state index contributed by atoms with van der Waals surface area (Å²) in [6, 6.07) is 12.0. The van der Waals surface area contributed by atoms with Gasteiger partial charge in [0.2, 0.25) is 5.88 Å². The molecular weight excluding hydrogens is 351 g/mol. The summed E-state index contributed by atoms with van der Waals surface area (Å²) in [4.78, 5) is 28.2. The number of benzene rings is 1. The molecule has 1 amide bonds. The number of carbonyl (C=O) groups excluding carboxylic acids is 1. The number of nitrogens with one attached hydrogen (secondary N) is 1. The Morgan fingerprint density at radius 3 is 2.70 bits per heavy atom. The predicted molar refractivity (Wildman–Crippen MR) is 97.0 cm³/mol. The van der Waals surface area contributed by atoms with Crippen molar-refractivity contribution in [3.8, 4) is 17.1 Å². The van der Waals surface area contributed by atoms with Crippen molar-refractivity contribution in [2.75, 3.05) is 13.7 Å². The van der Waals surface area contributed by atoms with Gasteiger partial charge in [-0.15, -0.1) is 0 Å². The largest absolute Gasteiger partial charge is 0.480 e. The molecule has 0 aliphatic heterocycles. The quantitative estimate of drug-likeness (QED) is 0.718. The second-order valence-corrected chi connectivity index (χ2v) is 5.60. The van der Waals surface area contributed by atoms with Crippen LogP contribution >= 0.6 is 0 Å². The lowest BCUT2D eigenvalue weighted by atomic mass is 10.1. The highest BCUT2D eigenvalue weighted by atomic mass is 19.1. The Hall–Kier alpha value is -3.55. The topological polar surface area (TPSA) is 86.1 Å². The highest BCUT2D eigenvalue weighted by Crippen LogP contribution is 2.15. The molecule has 3 rings (SSSR count). The van der Waals surface area contributed by atoms with Crippen LogP contribution in [0.3, 0.4) is 0 Å². The van der Waals surface area contributed by atoms with Gasteiger partial charge in [-0.05, 0) is 42.5 Å². The highest BCUT2D eigenvalue weighted by Gasteiger charge is 2.12. The van der Waals surface area contributed by atoms with Gasteiger partial charge < -0.3 is 10.1 Å². The van der Waals surface area contributed by atoms with E-state index in [9.17, 15) is 14.0 Å². The smallest absolute Gasteiger partial charge is 0.266 e. The number of hydrogen-bond acceptors (Lipinski definition) is 5. The van der Waals surface area contributed by atoms with Crippen LogP contribution < -0.4 is 15.6 Å². The zero-order valence-electron chi connectivity index (χ0n) is 14.6. The number of hydrogen-bond donors (Lipinski definition) is 1. The third kappa shape index (κ3) is 4.35. The second kappa shape index (κ2) is 8.22. The van der Waals surface area contributed by atoms with Crippen molar-refractivity contribution in [2.24, 2.45) is 0 Å². The molecule has 8 heteroatoms. The average molecular weight is 368 g/mol. The van der Waals surface area contributed by atoms with Crippen LogP contribution in [-0.4, -0.2) is 34.3 Å². The van der Waals surface area contributed by atoms with E-state index < -0.39 is 0 Å². The molecule has 0 aliphatic carbocycles. The Bertz CT molecular complexity index is 1000. The van der Waals surface area contributed by atoms with Crippen LogP contribution in [0.1, 0.15) is 10.4 Å². The van der Waals surface area contributed by atoms with Gasteiger partial charge in [-0.2, -0.15) is 5.10 Å². The van der Waals surface area contributed by atoms with Crippen LogP contribution in [0.25, 0.3) is 11.3 Å². The summed E-state index contributed by atoms with van der Waals surface area (Å²) < 4.78 is 19.4. The zero-order chi connectivity index (χ0) is 19.2. The normalized spacial score (nSPS) is 10.4. The first-order valence-corrected chi connectivity index (χ1v) is 8.20. The number of rotatable bonds is 6. The van der Waals surface area contributed by atoms with Gasteiger partial charge in [0.05, 0.1) is 19.3 Å². The van der Waals surface area contributed by atoms with Gasteiger partial charge in [-0.3, -0.25) is 9.59 Å². The lowest BCUT2D eigenvalue weighted by Gasteiger charge is -2.10. The zero-order valence-corrected chi connectivity index (χ0v) is 14.6. The van der Waals surface area contributed by atoms with Gasteiger partial charge in [-0.1, -0.05) is 0 Å². The van der Waals surface area contributed by atoms with Gasteiger partial charge in [0.1, 0.15) is 11.4 Å². The molecule has 7 nitrogen and oxygen atoms in total. The Kier molecular flexibility index (Phi) is 5.55. The molecule has 138 valence electrons. The number of carbonyl (C=O) groups is 1. The lowest BCUT2D eigenvalue weighted by molar-refractivity contribution is 0.0948. The van der Waals surface area contributed by atoms with Crippen LogP contribution in [0, 0.1) is 5.82 Å². The van der Waals surface area contributed by atoms with E-state index in [0.29, 0.717) is 16.8 Å². The van der Waals surface area contributed by atoms with Crippen LogP contribution in [0.2, 0.25) is 0 Å². The summed E-state index contributed by atoms with van der Waals surface area (Å²) in [5.74, 6) is -0.480. The monoisotopic (exact) mass is 368 g/mol. The van der Waals surface area contributed by atoms with Crippen molar-refractivity contribution in [3.05, 3.63) is 76.5 Å². The molecule has 1 N–H and O–H groups in total. The Morgan fingerprint density at radius 1 is 1.19 bits per heavy atom. The van der Waals surface area contributed by atoms with E-state index >= 15 is 0 Å². The standard InChI is InChI=1S/C19H17FN4O3/c1-27-19-15(3-2-10-22-19)18(26)21-11-12-24-17(25)9-8-16(23-24)13-4-6-14(20)7-5-13/h2-10H,11-12H2,1H3,(H,21,26). The van der Waals surface area contributed by atoms with E-state index in [1.807, 2.05) is 0 Å². The fourth-order valence-corrected chi connectivity index (χ4v) is 2.48. The van der Waals surface area contributed by atoms with Gasteiger partial charge in [0, 0.05) is 24.4 Å². The number of halogens is 1. The first kappa shape index (κ1) is 18.2.